The number of rotatable bonds is 3. The number of phenolic OH excluding ortho intramolecular Hbond substituents is 1. The van der Waals surface area contributed by atoms with Crippen LogP contribution in [0.2, 0.25) is 0 Å². The summed E-state index contributed by atoms with van der Waals surface area (Å²) in [7, 11) is 0. The van der Waals surface area contributed by atoms with Crippen LogP contribution >= 0.6 is 0 Å². The molecule has 0 radical (unpaired) electrons. The van der Waals surface area contributed by atoms with Gasteiger partial charge in [0.05, 0.1) is 0 Å². The zero-order chi connectivity index (χ0) is 12.3. The molecule has 1 aromatic carbocycles. The third-order valence-electron chi connectivity index (χ3n) is 2.87. The van der Waals surface area contributed by atoms with Crippen molar-refractivity contribution in [1.82, 2.24) is 10.6 Å². The Morgan fingerprint density at radius 1 is 1.53 bits per heavy atom. The van der Waals surface area contributed by atoms with Crippen LogP contribution in [0.5, 0.6) is 5.75 Å². The van der Waals surface area contributed by atoms with E-state index in [1.807, 2.05) is 0 Å². The molecule has 17 heavy (non-hydrogen) atoms. The largest absolute Gasteiger partial charge is 0.505 e. The number of hydrogen-bond acceptors (Lipinski definition) is 3. The second-order valence-electron chi connectivity index (χ2n) is 4.21. The van der Waals surface area contributed by atoms with Crippen LogP contribution in [-0.2, 0) is 11.3 Å². The third kappa shape index (κ3) is 3.17. The minimum atomic E-state index is -0.610. The van der Waals surface area contributed by atoms with Crippen molar-refractivity contribution >= 4 is 5.91 Å². The van der Waals surface area contributed by atoms with Gasteiger partial charge in [0.15, 0.2) is 11.6 Å². The number of piperidine rings is 1. The molecule has 1 saturated heterocycles. The number of halogens is 1. The van der Waals surface area contributed by atoms with E-state index in [9.17, 15) is 9.18 Å². The number of nitrogens with one attached hydrogen (secondary N) is 2. The Hall–Kier alpha value is -1.62. The molecule has 1 aliphatic heterocycles. The maximum absolute atomic E-state index is 13.1. The molecule has 0 bridgehead atoms. The van der Waals surface area contributed by atoms with Gasteiger partial charge in [-0.25, -0.2) is 4.39 Å². The first kappa shape index (κ1) is 11.9. The quantitative estimate of drug-likeness (QED) is 0.733. The fourth-order valence-corrected chi connectivity index (χ4v) is 1.83. The Morgan fingerprint density at radius 2 is 2.35 bits per heavy atom. The molecule has 1 aromatic rings. The van der Waals surface area contributed by atoms with E-state index in [4.69, 9.17) is 5.11 Å². The van der Waals surface area contributed by atoms with E-state index in [-0.39, 0.29) is 17.7 Å². The number of carbonyl (C=O) groups is 1. The molecule has 1 amide bonds. The van der Waals surface area contributed by atoms with Crippen molar-refractivity contribution in [3.05, 3.63) is 29.6 Å². The van der Waals surface area contributed by atoms with Crippen LogP contribution < -0.4 is 10.6 Å². The summed E-state index contributed by atoms with van der Waals surface area (Å²) in [6, 6.07) is 4.55. The molecule has 0 aliphatic carbocycles. The first-order valence-corrected chi connectivity index (χ1v) is 5.62. The Morgan fingerprint density at radius 3 is 3.00 bits per heavy atom. The topological polar surface area (TPSA) is 61.4 Å². The summed E-state index contributed by atoms with van der Waals surface area (Å²) in [6.45, 7) is 1.14. The number of phenols is 1. The number of carbonyl (C=O) groups excluding carboxylic acids is 1. The van der Waals surface area contributed by atoms with Gasteiger partial charge in [-0.05, 0) is 24.1 Å². The van der Waals surface area contributed by atoms with Crippen LogP contribution in [0.3, 0.4) is 0 Å². The SMILES string of the molecule is O=C1CCC(NCc2ccc(O)c(F)c2)CN1. The van der Waals surface area contributed by atoms with Gasteiger partial charge in [-0.2, -0.15) is 0 Å². The molecule has 0 spiro atoms. The summed E-state index contributed by atoms with van der Waals surface area (Å²) >= 11 is 0. The summed E-state index contributed by atoms with van der Waals surface area (Å²) in [5, 5.41) is 15.1. The normalized spacial score (nSPS) is 20.1. The molecule has 1 aliphatic rings. The zero-order valence-corrected chi connectivity index (χ0v) is 9.37. The summed E-state index contributed by atoms with van der Waals surface area (Å²) in [6.07, 6.45) is 1.33. The molecular weight excluding hydrogens is 223 g/mol. The van der Waals surface area contributed by atoms with Crippen molar-refractivity contribution in [3.63, 3.8) is 0 Å². The van der Waals surface area contributed by atoms with Gasteiger partial charge >= 0.3 is 0 Å². The van der Waals surface area contributed by atoms with Crippen LogP contribution in [0.25, 0.3) is 0 Å². The molecule has 0 aromatic heterocycles. The highest BCUT2D eigenvalue weighted by Gasteiger charge is 2.17. The van der Waals surface area contributed by atoms with Gasteiger partial charge in [0.2, 0.25) is 5.91 Å². The van der Waals surface area contributed by atoms with Crippen molar-refractivity contribution in [2.75, 3.05) is 6.54 Å². The van der Waals surface area contributed by atoms with Gasteiger partial charge in [-0.1, -0.05) is 6.07 Å². The summed E-state index contributed by atoms with van der Waals surface area (Å²) in [4.78, 5) is 10.9. The van der Waals surface area contributed by atoms with E-state index < -0.39 is 5.82 Å². The summed E-state index contributed by atoms with van der Waals surface area (Å²) in [5.41, 5.74) is 0.775. The monoisotopic (exact) mass is 238 g/mol. The molecule has 1 fully saturated rings. The van der Waals surface area contributed by atoms with Crippen LogP contribution in [0.4, 0.5) is 4.39 Å². The molecule has 0 saturated carbocycles. The van der Waals surface area contributed by atoms with E-state index in [0.717, 1.165) is 12.0 Å². The second kappa shape index (κ2) is 5.14. The first-order chi connectivity index (χ1) is 8.15. The average molecular weight is 238 g/mol. The Balaban J connectivity index is 1.85. The minimum absolute atomic E-state index is 0.0822. The lowest BCUT2D eigenvalue weighted by Gasteiger charge is -2.23. The van der Waals surface area contributed by atoms with Gasteiger partial charge in [-0.3, -0.25) is 4.79 Å². The number of hydrogen-bond donors (Lipinski definition) is 3. The van der Waals surface area contributed by atoms with Crippen molar-refractivity contribution in [2.45, 2.75) is 25.4 Å². The standard InChI is InChI=1S/C12H15FN2O2/c13-10-5-8(1-3-11(10)16)6-14-9-2-4-12(17)15-7-9/h1,3,5,9,14,16H,2,4,6-7H2,(H,15,17). The summed E-state index contributed by atoms with van der Waals surface area (Å²) in [5.74, 6) is -0.862. The van der Waals surface area contributed by atoms with Crippen LogP contribution in [0.1, 0.15) is 18.4 Å². The predicted molar refractivity (Wildman–Crippen MR) is 60.9 cm³/mol. The number of amides is 1. The smallest absolute Gasteiger partial charge is 0.220 e. The third-order valence-corrected chi connectivity index (χ3v) is 2.87. The van der Waals surface area contributed by atoms with Crippen molar-refractivity contribution in [3.8, 4) is 5.75 Å². The molecular formula is C12H15FN2O2. The minimum Gasteiger partial charge on any atom is -0.505 e. The van der Waals surface area contributed by atoms with E-state index in [2.05, 4.69) is 10.6 Å². The van der Waals surface area contributed by atoms with Gasteiger partial charge in [-0.15, -0.1) is 0 Å². The number of benzene rings is 1. The van der Waals surface area contributed by atoms with E-state index in [0.29, 0.717) is 19.5 Å². The molecule has 2 rings (SSSR count). The lowest BCUT2D eigenvalue weighted by molar-refractivity contribution is -0.122. The van der Waals surface area contributed by atoms with E-state index >= 15 is 0 Å². The van der Waals surface area contributed by atoms with Gasteiger partial charge in [0, 0.05) is 25.6 Å². The molecule has 92 valence electrons. The van der Waals surface area contributed by atoms with Crippen LogP contribution in [-0.4, -0.2) is 23.6 Å². The fraction of sp³-hybridized carbons (Fsp3) is 0.417. The Bertz CT molecular complexity index is 413. The highest BCUT2D eigenvalue weighted by atomic mass is 19.1. The molecule has 1 unspecified atom stereocenters. The maximum atomic E-state index is 13.1. The predicted octanol–water partition coefficient (Wildman–Crippen LogP) is 0.899. The summed E-state index contributed by atoms with van der Waals surface area (Å²) < 4.78 is 13.1. The fourth-order valence-electron chi connectivity index (χ4n) is 1.83. The maximum Gasteiger partial charge on any atom is 0.220 e. The first-order valence-electron chi connectivity index (χ1n) is 5.62. The number of aromatic hydroxyl groups is 1. The lowest BCUT2D eigenvalue weighted by Crippen LogP contribution is -2.45. The van der Waals surface area contributed by atoms with Crippen LogP contribution in [0, 0.1) is 5.82 Å². The van der Waals surface area contributed by atoms with Crippen molar-refractivity contribution in [2.24, 2.45) is 0 Å². The highest BCUT2D eigenvalue weighted by molar-refractivity contribution is 5.76. The lowest BCUT2D eigenvalue weighted by atomic mass is 10.1. The molecule has 3 N–H and O–H groups in total. The van der Waals surface area contributed by atoms with Gasteiger partial charge in [0.25, 0.3) is 0 Å². The average Bonchev–Trinajstić information content (AvgIpc) is 2.33. The molecule has 1 atom stereocenters. The Kier molecular flexibility index (Phi) is 3.58. The van der Waals surface area contributed by atoms with Crippen molar-refractivity contribution < 1.29 is 14.3 Å². The van der Waals surface area contributed by atoms with E-state index in [1.54, 1.807) is 6.07 Å². The van der Waals surface area contributed by atoms with Crippen molar-refractivity contribution in [1.29, 1.82) is 0 Å². The Labute approximate surface area is 98.8 Å². The molecule has 5 heteroatoms. The zero-order valence-electron chi connectivity index (χ0n) is 9.37. The van der Waals surface area contributed by atoms with Gasteiger partial charge < -0.3 is 15.7 Å². The van der Waals surface area contributed by atoms with E-state index in [1.165, 1.54) is 12.1 Å². The highest BCUT2D eigenvalue weighted by Crippen LogP contribution is 2.16. The second-order valence-corrected chi connectivity index (χ2v) is 4.21. The van der Waals surface area contributed by atoms with Crippen LogP contribution in [0.15, 0.2) is 18.2 Å². The molecule has 4 nitrogen and oxygen atoms in total. The van der Waals surface area contributed by atoms with Gasteiger partial charge in [0.1, 0.15) is 0 Å². The molecule has 1 heterocycles.